The molecule has 2 heteroatoms. The van der Waals surface area contributed by atoms with E-state index in [0.717, 1.165) is 12.2 Å². The van der Waals surface area contributed by atoms with E-state index in [-0.39, 0.29) is 0 Å². The van der Waals surface area contributed by atoms with Gasteiger partial charge in [-0.15, -0.1) is 0 Å². The van der Waals surface area contributed by atoms with Crippen molar-refractivity contribution >= 4 is 0 Å². The molecule has 0 aromatic carbocycles. The molecule has 10 heavy (non-hydrogen) atoms. The van der Waals surface area contributed by atoms with Gasteiger partial charge in [-0.05, 0) is 13.0 Å². The quantitative estimate of drug-likeness (QED) is 0.560. The standard InChI is InChI=1S/C8H14N2/c1-4-8(3)10-7-6-9-5-2/h4,6-7,9-10H,1,3,5H2,2H3/b7-6-. The fourth-order valence-electron chi connectivity index (χ4n) is 0.384. The van der Waals surface area contributed by atoms with Crippen LogP contribution in [-0.2, 0) is 0 Å². The Labute approximate surface area is 62.3 Å². The lowest BCUT2D eigenvalue weighted by atomic mass is 10.5. The first-order valence-corrected chi connectivity index (χ1v) is 3.27. The highest BCUT2D eigenvalue weighted by Crippen LogP contribution is 1.81. The third-order valence-electron chi connectivity index (χ3n) is 0.920. The molecule has 0 unspecified atom stereocenters. The van der Waals surface area contributed by atoms with E-state index in [1.54, 1.807) is 12.3 Å². The first-order chi connectivity index (χ1) is 4.81. The van der Waals surface area contributed by atoms with Crippen LogP contribution < -0.4 is 10.6 Å². The van der Waals surface area contributed by atoms with Crippen molar-refractivity contribution in [2.24, 2.45) is 0 Å². The number of allylic oxidation sites excluding steroid dienone is 1. The van der Waals surface area contributed by atoms with Crippen molar-refractivity contribution in [1.29, 1.82) is 0 Å². The lowest BCUT2D eigenvalue weighted by molar-refractivity contribution is 0.906. The molecule has 0 radical (unpaired) electrons. The highest BCUT2D eigenvalue weighted by molar-refractivity contribution is 5.10. The first-order valence-electron chi connectivity index (χ1n) is 3.27. The summed E-state index contributed by atoms with van der Waals surface area (Å²) in [5.74, 6) is 0. The van der Waals surface area contributed by atoms with Crippen molar-refractivity contribution in [3.63, 3.8) is 0 Å². The Morgan fingerprint density at radius 1 is 1.50 bits per heavy atom. The Morgan fingerprint density at radius 3 is 2.70 bits per heavy atom. The molecular weight excluding hydrogens is 124 g/mol. The van der Waals surface area contributed by atoms with Crippen LogP contribution in [0.2, 0.25) is 0 Å². The molecule has 0 aromatic heterocycles. The minimum Gasteiger partial charge on any atom is -0.390 e. The Balaban J connectivity index is 3.33. The van der Waals surface area contributed by atoms with Crippen molar-refractivity contribution in [2.75, 3.05) is 6.54 Å². The lowest BCUT2D eigenvalue weighted by Crippen LogP contribution is -2.06. The van der Waals surface area contributed by atoms with Gasteiger partial charge in [-0.3, -0.25) is 0 Å². The molecule has 0 saturated heterocycles. The zero-order valence-corrected chi connectivity index (χ0v) is 6.35. The van der Waals surface area contributed by atoms with Gasteiger partial charge in [0.1, 0.15) is 0 Å². The van der Waals surface area contributed by atoms with E-state index in [2.05, 4.69) is 23.8 Å². The molecule has 0 aromatic rings. The zero-order valence-electron chi connectivity index (χ0n) is 6.35. The van der Waals surface area contributed by atoms with E-state index >= 15 is 0 Å². The topological polar surface area (TPSA) is 24.1 Å². The Bertz CT molecular complexity index is 136. The molecule has 0 spiro atoms. The summed E-state index contributed by atoms with van der Waals surface area (Å²) in [6, 6.07) is 0. The van der Waals surface area contributed by atoms with Gasteiger partial charge in [-0.1, -0.05) is 13.2 Å². The van der Waals surface area contributed by atoms with Crippen molar-refractivity contribution in [1.82, 2.24) is 10.6 Å². The minimum absolute atomic E-state index is 0.800. The van der Waals surface area contributed by atoms with Gasteiger partial charge in [0.25, 0.3) is 0 Å². The Kier molecular flexibility index (Phi) is 5.25. The molecule has 0 fully saturated rings. The second-order valence-corrected chi connectivity index (χ2v) is 1.76. The second-order valence-electron chi connectivity index (χ2n) is 1.76. The molecule has 0 saturated carbocycles. The van der Waals surface area contributed by atoms with Gasteiger partial charge in [0.2, 0.25) is 0 Å². The second kappa shape index (κ2) is 5.95. The van der Waals surface area contributed by atoms with Gasteiger partial charge in [0, 0.05) is 24.6 Å². The van der Waals surface area contributed by atoms with E-state index in [9.17, 15) is 0 Å². The van der Waals surface area contributed by atoms with Crippen molar-refractivity contribution in [3.8, 4) is 0 Å². The van der Waals surface area contributed by atoms with Crippen LogP contribution in [0.4, 0.5) is 0 Å². The van der Waals surface area contributed by atoms with Crippen LogP contribution in [0.1, 0.15) is 6.92 Å². The van der Waals surface area contributed by atoms with Gasteiger partial charge >= 0.3 is 0 Å². The van der Waals surface area contributed by atoms with Gasteiger partial charge in [0.05, 0.1) is 0 Å². The highest BCUT2D eigenvalue weighted by Gasteiger charge is 1.75. The van der Waals surface area contributed by atoms with E-state index in [4.69, 9.17) is 0 Å². The zero-order chi connectivity index (χ0) is 7.82. The van der Waals surface area contributed by atoms with Crippen LogP contribution in [0, 0.1) is 0 Å². The molecule has 0 bridgehead atoms. The van der Waals surface area contributed by atoms with Crippen molar-refractivity contribution in [3.05, 3.63) is 37.3 Å². The summed E-state index contributed by atoms with van der Waals surface area (Å²) in [5.41, 5.74) is 0.800. The number of hydrogen-bond acceptors (Lipinski definition) is 2. The average molecular weight is 138 g/mol. The summed E-state index contributed by atoms with van der Waals surface area (Å²) in [6.45, 7) is 10.2. The highest BCUT2D eigenvalue weighted by atomic mass is 14.9. The number of hydrogen-bond donors (Lipinski definition) is 2. The fourth-order valence-corrected chi connectivity index (χ4v) is 0.384. The Hall–Kier alpha value is -1.18. The maximum Gasteiger partial charge on any atom is 0.0301 e. The van der Waals surface area contributed by atoms with E-state index in [1.807, 2.05) is 13.1 Å². The van der Waals surface area contributed by atoms with Gasteiger partial charge in [0.15, 0.2) is 0 Å². The van der Waals surface area contributed by atoms with E-state index in [1.165, 1.54) is 0 Å². The van der Waals surface area contributed by atoms with Crippen LogP contribution >= 0.6 is 0 Å². The van der Waals surface area contributed by atoms with Crippen LogP contribution in [0.5, 0.6) is 0 Å². The predicted molar refractivity (Wildman–Crippen MR) is 45.3 cm³/mol. The molecule has 0 rings (SSSR count). The maximum atomic E-state index is 3.66. The first kappa shape index (κ1) is 8.82. The van der Waals surface area contributed by atoms with Crippen LogP contribution in [-0.4, -0.2) is 6.54 Å². The van der Waals surface area contributed by atoms with Crippen LogP contribution in [0.3, 0.4) is 0 Å². The molecule has 2 nitrogen and oxygen atoms in total. The maximum absolute atomic E-state index is 3.66. The molecule has 0 amide bonds. The van der Waals surface area contributed by atoms with Gasteiger partial charge < -0.3 is 10.6 Å². The number of nitrogens with one attached hydrogen (secondary N) is 2. The molecule has 0 heterocycles. The number of rotatable bonds is 5. The molecule has 0 atom stereocenters. The van der Waals surface area contributed by atoms with E-state index < -0.39 is 0 Å². The smallest absolute Gasteiger partial charge is 0.0301 e. The van der Waals surface area contributed by atoms with E-state index in [0.29, 0.717) is 0 Å². The third kappa shape index (κ3) is 4.97. The van der Waals surface area contributed by atoms with Crippen LogP contribution in [0.25, 0.3) is 0 Å². The summed E-state index contributed by atoms with van der Waals surface area (Å²) >= 11 is 0. The average Bonchev–Trinajstić information content (AvgIpc) is 1.98. The van der Waals surface area contributed by atoms with Gasteiger partial charge in [-0.25, -0.2) is 0 Å². The molecule has 56 valence electrons. The third-order valence-corrected chi connectivity index (χ3v) is 0.920. The van der Waals surface area contributed by atoms with Crippen LogP contribution in [0.15, 0.2) is 37.3 Å². The fraction of sp³-hybridized carbons (Fsp3) is 0.250. The van der Waals surface area contributed by atoms with Crippen molar-refractivity contribution < 1.29 is 0 Å². The summed E-state index contributed by atoms with van der Waals surface area (Å²) in [5, 5.41) is 5.92. The molecule has 0 aliphatic heterocycles. The predicted octanol–water partition coefficient (Wildman–Crippen LogP) is 1.36. The molecule has 0 aliphatic carbocycles. The molecule has 0 aliphatic rings. The lowest BCUT2D eigenvalue weighted by Gasteiger charge is -1.96. The Morgan fingerprint density at radius 2 is 2.20 bits per heavy atom. The van der Waals surface area contributed by atoms with Crippen molar-refractivity contribution in [2.45, 2.75) is 6.92 Å². The largest absolute Gasteiger partial charge is 0.390 e. The summed E-state index contributed by atoms with van der Waals surface area (Å²) in [6.07, 6.45) is 5.28. The SMILES string of the molecule is C=CC(=C)N/C=C\NCC. The summed E-state index contributed by atoms with van der Waals surface area (Å²) in [7, 11) is 0. The monoisotopic (exact) mass is 138 g/mol. The summed E-state index contributed by atoms with van der Waals surface area (Å²) < 4.78 is 0. The molecular formula is C8H14N2. The normalized spacial score (nSPS) is 9.30. The van der Waals surface area contributed by atoms with Gasteiger partial charge in [-0.2, -0.15) is 0 Å². The minimum atomic E-state index is 0.800. The molecule has 2 N–H and O–H groups in total. The summed E-state index contributed by atoms with van der Waals surface area (Å²) in [4.78, 5) is 0.